The molecule has 0 aromatic rings. The van der Waals surface area contributed by atoms with Crippen LogP contribution in [0, 0.1) is 35.0 Å². The Morgan fingerprint density at radius 1 is 1.17 bits per heavy atom. The van der Waals surface area contributed by atoms with Crippen molar-refractivity contribution >= 4 is 5.78 Å². The summed E-state index contributed by atoms with van der Waals surface area (Å²) in [7, 11) is 0. The highest BCUT2D eigenvalue weighted by atomic mass is 16.5. The van der Waals surface area contributed by atoms with Crippen LogP contribution in [-0.4, -0.2) is 19.0 Å². The van der Waals surface area contributed by atoms with E-state index in [0.717, 1.165) is 6.42 Å². The van der Waals surface area contributed by atoms with Crippen LogP contribution in [0.15, 0.2) is 0 Å². The van der Waals surface area contributed by atoms with E-state index in [-0.39, 0.29) is 11.2 Å². The molecule has 100 valence electrons. The molecule has 0 bridgehead atoms. The van der Waals surface area contributed by atoms with E-state index in [1.165, 1.54) is 0 Å². The van der Waals surface area contributed by atoms with Gasteiger partial charge < -0.3 is 4.74 Å². The number of ether oxygens (including phenoxy) is 1. The van der Waals surface area contributed by atoms with Gasteiger partial charge in [-0.25, -0.2) is 0 Å². The number of hydrogen-bond acceptors (Lipinski definition) is 2. The Balaban J connectivity index is 3.66. The Morgan fingerprint density at radius 2 is 1.78 bits per heavy atom. The van der Waals surface area contributed by atoms with Gasteiger partial charge in [-0.2, -0.15) is 0 Å². The van der Waals surface area contributed by atoms with Crippen molar-refractivity contribution in [1.82, 2.24) is 0 Å². The SMILES string of the molecule is CC(C)CC#CC#CCOCCC(=O)C(C)(C)C. The average molecular weight is 248 g/mol. The standard InChI is InChI=1S/C16H24O2/c1-14(2)10-8-6-7-9-12-18-13-11-15(17)16(3,4)5/h14H,10-13H2,1-5H3. The van der Waals surface area contributed by atoms with Crippen LogP contribution in [0.1, 0.15) is 47.5 Å². The van der Waals surface area contributed by atoms with Crippen molar-refractivity contribution in [2.75, 3.05) is 13.2 Å². The second kappa shape index (κ2) is 8.78. The fraction of sp³-hybridized carbons (Fsp3) is 0.688. The second-order valence-corrected chi connectivity index (χ2v) is 5.68. The van der Waals surface area contributed by atoms with Crippen LogP contribution in [0.25, 0.3) is 0 Å². The first kappa shape index (κ1) is 16.8. The van der Waals surface area contributed by atoms with Crippen LogP contribution in [-0.2, 0) is 9.53 Å². The molecule has 0 aromatic carbocycles. The van der Waals surface area contributed by atoms with E-state index in [1.807, 2.05) is 20.8 Å². The zero-order chi connectivity index (χ0) is 14.0. The molecule has 0 heterocycles. The molecule has 0 unspecified atom stereocenters. The van der Waals surface area contributed by atoms with Gasteiger partial charge >= 0.3 is 0 Å². The predicted octanol–water partition coefficient (Wildman–Crippen LogP) is 3.06. The average Bonchev–Trinajstić information content (AvgIpc) is 2.24. The predicted molar refractivity (Wildman–Crippen MR) is 74.9 cm³/mol. The summed E-state index contributed by atoms with van der Waals surface area (Å²) in [6.07, 6.45) is 1.32. The number of carbonyl (C=O) groups is 1. The van der Waals surface area contributed by atoms with Gasteiger partial charge in [-0.1, -0.05) is 46.5 Å². The van der Waals surface area contributed by atoms with Gasteiger partial charge in [-0.05, 0) is 17.8 Å². The third-order valence-corrected chi connectivity index (χ3v) is 2.23. The Bertz CT molecular complexity index is 364. The molecule has 18 heavy (non-hydrogen) atoms. The summed E-state index contributed by atoms with van der Waals surface area (Å²) in [5.74, 6) is 12.1. The molecule has 0 atom stereocenters. The van der Waals surface area contributed by atoms with Gasteiger partial charge in [0.05, 0.1) is 6.61 Å². The van der Waals surface area contributed by atoms with Gasteiger partial charge in [0.2, 0.25) is 0 Å². The third-order valence-electron chi connectivity index (χ3n) is 2.23. The van der Waals surface area contributed by atoms with E-state index < -0.39 is 0 Å². The zero-order valence-corrected chi connectivity index (χ0v) is 12.2. The minimum absolute atomic E-state index is 0.215. The van der Waals surface area contributed by atoms with E-state index in [2.05, 4.69) is 37.5 Å². The van der Waals surface area contributed by atoms with E-state index >= 15 is 0 Å². The fourth-order valence-electron chi connectivity index (χ4n) is 1.04. The maximum absolute atomic E-state index is 11.6. The van der Waals surface area contributed by atoms with Crippen LogP contribution >= 0.6 is 0 Å². The fourth-order valence-corrected chi connectivity index (χ4v) is 1.04. The van der Waals surface area contributed by atoms with Gasteiger partial charge in [0.15, 0.2) is 0 Å². The van der Waals surface area contributed by atoms with Crippen molar-refractivity contribution in [2.45, 2.75) is 47.5 Å². The summed E-state index contributed by atoms with van der Waals surface area (Å²) in [5.41, 5.74) is -0.280. The van der Waals surface area contributed by atoms with Crippen molar-refractivity contribution in [3.05, 3.63) is 0 Å². The quantitative estimate of drug-likeness (QED) is 0.552. The molecule has 0 radical (unpaired) electrons. The molecule has 0 aliphatic carbocycles. The number of rotatable bonds is 5. The Labute approximate surface area is 111 Å². The lowest BCUT2D eigenvalue weighted by Gasteiger charge is -2.15. The molecule has 0 fully saturated rings. The zero-order valence-electron chi connectivity index (χ0n) is 12.2. The highest BCUT2D eigenvalue weighted by molar-refractivity contribution is 5.83. The highest BCUT2D eigenvalue weighted by Gasteiger charge is 2.20. The van der Waals surface area contributed by atoms with Gasteiger partial charge in [0, 0.05) is 18.3 Å². The molecular weight excluding hydrogens is 224 g/mol. The lowest BCUT2D eigenvalue weighted by Crippen LogP contribution is -2.21. The first-order valence-corrected chi connectivity index (χ1v) is 6.41. The molecule has 0 aliphatic heterocycles. The maximum Gasteiger partial charge on any atom is 0.140 e. The van der Waals surface area contributed by atoms with Crippen molar-refractivity contribution in [1.29, 1.82) is 0 Å². The number of Topliss-reactive ketones (excluding diaryl/α,β-unsaturated/α-hetero) is 1. The summed E-state index contributed by atoms with van der Waals surface area (Å²) < 4.78 is 5.26. The molecule has 2 heteroatoms. The van der Waals surface area contributed by atoms with Gasteiger partial charge in [0.25, 0.3) is 0 Å². The lowest BCUT2D eigenvalue weighted by molar-refractivity contribution is -0.127. The van der Waals surface area contributed by atoms with Gasteiger partial charge in [-0.3, -0.25) is 4.79 Å². The summed E-state index contributed by atoms with van der Waals surface area (Å²) in [6, 6.07) is 0. The largest absolute Gasteiger partial charge is 0.368 e. The number of hydrogen-bond donors (Lipinski definition) is 0. The van der Waals surface area contributed by atoms with Gasteiger partial charge in [0.1, 0.15) is 12.4 Å². The molecule has 0 rings (SSSR count). The second-order valence-electron chi connectivity index (χ2n) is 5.68. The minimum Gasteiger partial charge on any atom is -0.368 e. The monoisotopic (exact) mass is 248 g/mol. The molecule has 0 saturated carbocycles. The van der Waals surface area contributed by atoms with E-state index in [0.29, 0.717) is 25.6 Å². The summed E-state index contributed by atoms with van der Waals surface area (Å²) in [6.45, 7) is 10.8. The summed E-state index contributed by atoms with van der Waals surface area (Å²) in [4.78, 5) is 11.6. The molecule has 0 amide bonds. The van der Waals surface area contributed by atoms with E-state index in [1.54, 1.807) is 0 Å². The van der Waals surface area contributed by atoms with Crippen LogP contribution in [0.4, 0.5) is 0 Å². The normalized spacial score (nSPS) is 10.3. The third kappa shape index (κ3) is 9.94. The van der Waals surface area contributed by atoms with Crippen LogP contribution in [0.5, 0.6) is 0 Å². The van der Waals surface area contributed by atoms with Crippen molar-refractivity contribution in [2.24, 2.45) is 11.3 Å². The van der Waals surface area contributed by atoms with Crippen LogP contribution < -0.4 is 0 Å². The molecule has 0 N–H and O–H groups in total. The highest BCUT2D eigenvalue weighted by Crippen LogP contribution is 2.16. The van der Waals surface area contributed by atoms with Crippen LogP contribution in [0.2, 0.25) is 0 Å². The number of carbonyl (C=O) groups excluding carboxylic acids is 1. The first-order chi connectivity index (χ1) is 8.34. The molecule has 0 aromatic heterocycles. The molecular formula is C16H24O2. The minimum atomic E-state index is -0.280. The number of ketones is 1. The van der Waals surface area contributed by atoms with Crippen LogP contribution in [0.3, 0.4) is 0 Å². The molecule has 0 spiro atoms. The van der Waals surface area contributed by atoms with E-state index in [4.69, 9.17) is 4.74 Å². The summed E-state index contributed by atoms with van der Waals surface area (Å²) >= 11 is 0. The summed E-state index contributed by atoms with van der Waals surface area (Å²) in [5, 5.41) is 0. The Hall–Kier alpha value is -1.25. The topological polar surface area (TPSA) is 26.3 Å². The molecule has 0 aliphatic rings. The smallest absolute Gasteiger partial charge is 0.140 e. The Kier molecular flexibility index (Phi) is 8.17. The van der Waals surface area contributed by atoms with Crippen molar-refractivity contribution in [3.8, 4) is 23.7 Å². The van der Waals surface area contributed by atoms with Gasteiger partial charge in [-0.15, -0.1) is 0 Å². The molecule has 0 saturated heterocycles. The van der Waals surface area contributed by atoms with E-state index in [9.17, 15) is 4.79 Å². The van der Waals surface area contributed by atoms with Crippen molar-refractivity contribution in [3.63, 3.8) is 0 Å². The van der Waals surface area contributed by atoms with Crippen molar-refractivity contribution < 1.29 is 9.53 Å². The first-order valence-electron chi connectivity index (χ1n) is 6.41. The Morgan fingerprint density at radius 3 is 2.33 bits per heavy atom. The molecule has 2 nitrogen and oxygen atoms in total. The lowest BCUT2D eigenvalue weighted by atomic mass is 9.89. The maximum atomic E-state index is 11.6.